The lowest BCUT2D eigenvalue weighted by Crippen LogP contribution is -2.28. The van der Waals surface area contributed by atoms with E-state index in [1.54, 1.807) is 0 Å². The van der Waals surface area contributed by atoms with Crippen LogP contribution < -0.4 is 4.90 Å². The molecule has 0 N–H and O–H groups in total. The number of hydrogen-bond donors (Lipinski definition) is 0. The molecule has 0 aliphatic heterocycles. The Bertz CT molecular complexity index is 3250. The summed E-state index contributed by atoms with van der Waals surface area (Å²) in [5, 5.41) is 5.22. The van der Waals surface area contributed by atoms with Crippen molar-refractivity contribution in [2.45, 2.75) is 43.4 Å². The molecule has 0 heterocycles. The van der Waals surface area contributed by atoms with Crippen molar-refractivity contribution in [3.05, 3.63) is 258 Å². The molecule has 1 fully saturated rings. The molecular weight excluding hydrogens is 771 g/mol. The monoisotopic (exact) mass is 819 g/mol. The van der Waals surface area contributed by atoms with Gasteiger partial charge in [0.05, 0.1) is 11.1 Å². The lowest BCUT2D eigenvalue weighted by molar-refractivity contribution is 0.445. The highest BCUT2D eigenvalue weighted by molar-refractivity contribution is 6.03. The van der Waals surface area contributed by atoms with Crippen LogP contribution in [0.25, 0.3) is 54.9 Å². The predicted octanol–water partition coefficient (Wildman–Crippen LogP) is 17.2. The zero-order valence-electron chi connectivity index (χ0n) is 36.0. The average molecular weight is 820 g/mol. The molecule has 12 rings (SSSR count). The van der Waals surface area contributed by atoms with Gasteiger partial charge in [0.25, 0.3) is 0 Å². The van der Waals surface area contributed by atoms with Gasteiger partial charge in [-0.15, -0.1) is 0 Å². The summed E-state index contributed by atoms with van der Waals surface area (Å²) in [6.07, 6.45) is 6.48. The van der Waals surface area contributed by atoms with Gasteiger partial charge in [-0.3, -0.25) is 0 Å². The van der Waals surface area contributed by atoms with E-state index in [2.05, 4.69) is 235 Å². The van der Waals surface area contributed by atoms with Crippen molar-refractivity contribution in [2.75, 3.05) is 4.90 Å². The second kappa shape index (κ2) is 16.0. The maximum absolute atomic E-state index is 2.48. The molecule has 1 nitrogen and oxygen atoms in total. The molecule has 0 saturated heterocycles. The van der Waals surface area contributed by atoms with Crippen LogP contribution in [0.4, 0.5) is 17.1 Å². The first kappa shape index (κ1) is 38.2. The van der Waals surface area contributed by atoms with Crippen molar-refractivity contribution in [1.29, 1.82) is 0 Å². The highest BCUT2D eigenvalue weighted by atomic mass is 15.1. The Morgan fingerprint density at radius 2 is 0.891 bits per heavy atom. The Hall–Kier alpha value is -7.48. The van der Waals surface area contributed by atoms with Gasteiger partial charge in [-0.1, -0.05) is 213 Å². The smallest absolute Gasteiger partial charge is 0.0713 e. The molecule has 0 atom stereocenters. The summed E-state index contributed by atoms with van der Waals surface area (Å²) in [6, 6.07) is 86.1. The SMILES string of the molecule is c1ccc(C2(c3ccc(N(c4ccc(-c5ccc6ccccc6c5)cc4)c4ccccc4-c4cccc5cccc(C6CCCCC6)c45)cc3)c3ccccc3-c3ccccc32)cc1. The maximum Gasteiger partial charge on any atom is 0.0713 e. The average Bonchev–Trinajstić information content (AvgIpc) is 3.68. The number of hydrogen-bond acceptors (Lipinski definition) is 1. The van der Waals surface area contributed by atoms with E-state index in [0.717, 1.165) is 17.1 Å². The molecule has 0 bridgehead atoms. The molecule has 0 aromatic heterocycles. The van der Waals surface area contributed by atoms with Crippen LogP contribution in [0.15, 0.2) is 231 Å². The molecule has 0 unspecified atom stereocenters. The minimum absolute atomic E-state index is 0.463. The van der Waals surface area contributed by atoms with Crippen molar-refractivity contribution >= 4 is 38.6 Å². The van der Waals surface area contributed by atoms with Crippen molar-refractivity contribution < 1.29 is 0 Å². The molecule has 0 amide bonds. The van der Waals surface area contributed by atoms with Gasteiger partial charge in [0.1, 0.15) is 0 Å². The largest absolute Gasteiger partial charge is 0.310 e. The van der Waals surface area contributed by atoms with Gasteiger partial charge in [0.2, 0.25) is 0 Å². The predicted molar refractivity (Wildman–Crippen MR) is 270 cm³/mol. The quantitative estimate of drug-likeness (QED) is 0.148. The third-order valence-electron chi connectivity index (χ3n) is 14.3. The Morgan fingerprint density at radius 3 is 1.61 bits per heavy atom. The fourth-order valence-corrected chi connectivity index (χ4v) is 11.4. The van der Waals surface area contributed by atoms with Crippen molar-refractivity contribution in [1.82, 2.24) is 0 Å². The molecule has 0 radical (unpaired) electrons. The highest BCUT2D eigenvalue weighted by Crippen LogP contribution is 2.56. The van der Waals surface area contributed by atoms with Gasteiger partial charge in [-0.25, -0.2) is 0 Å². The second-order valence-electron chi connectivity index (χ2n) is 17.8. The highest BCUT2D eigenvalue weighted by Gasteiger charge is 2.45. The minimum Gasteiger partial charge on any atom is -0.310 e. The molecule has 0 spiro atoms. The van der Waals surface area contributed by atoms with Gasteiger partial charge in [-0.2, -0.15) is 0 Å². The maximum atomic E-state index is 2.48. The Balaban J connectivity index is 1.04. The normalized spacial score (nSPS) is 14.3. The lowest BCUT2D eigenvalue weighted by Gasteiger charge is -2.34. The molecule has 2 aliphatic rings. The van der Waals surface area contributed by atoms with E-state index in [1.807, 2.05) is 0 Å². The van der Waals surface area contributed by atoms with Crippen LogP contribution in [0.2, 0.25) is 0 Å². The lowest BCUT2D eigenvalue weighted by atomic mass is 9.68. The first-order valence-electron chi connectivity index (χ1n) is 23.1. The Kier molecular flexibility index (Phi) is 9.56. The molecule has 1 saturated carbocycles. The zero-order valence-corrected chi connectivity index (χ0v) is 36.0. The van der Waals surface area contributed by atoms with E-state index in [-0.39, 0.29) is 0 Å². The van der Waals surface area contributed by atoms with Crippen molar-refractivity contribution in [3.8, 4) is 33.4 Å². The van der Waals surface area contributed by atoms with Gasteiger partial charge < -0.3 is 4.90 Å². The number of anilines is 3. The van der Waals surface area contributed by atoms with E-state index in [9.17, 15) is 0 Å². The van der Waals surface area contributed by atoms with Gasteiger partial charge in [0.15, 0.2) is 0 Å². The summed E-state index contributed by atoms with van der Waals surface area (Å²) in [5.74, 6) is 0.583. The summed E-state index contributed by atoms with van der Waals surface area (Å²) in [4.78, 5) is 2.48. The number of fused-ring (bicyclic) bond motifs is 5. The van der Waals surface area contributed by atoms with Gasteiger partial charge in [-0.05, 0) is 132 Å². The third kappa shape index (κ3) is 6.29. The van der Waals surface area contributed by atoms with E-state index < -0.39 is 5.41 Å². The molecule has 306 valence electrons. The number of nitrogens with zero attached hydrogens (tertiary/aromatic N) is 1. The molecule has 10 aromatic rings. The minimum atomic E-state index is -0.463. The Morgan fingerprint density at radius 1 is 0.359 bits per heavy atom. The zero-order chi connectivity index (χ0) is 42.5. The number of benzene rings is 10. The van der Waals surface area contributed by atoms with Crippen LogP contribution >= 0.6 is 0 Å². The van der Waals surface area contributed by atoms with Crippen molar-refractivity contribution in [2.24, 2.45) is 0 Å². The molecular formula is C63H49N. The van der Waals surface area contributed by atoms with Crippen molar-refractivity contribution in [3.63, 3.8) is 0 Å². The topological polar surface area (TPSA) is 3.24 Å². The number of para-hydroxylation sites is 1. The second-order valence-corrected chi connectivity index (χ2v) is 17.8. The van der Waals surface area contributed by atoms with E-state index in [1.165, 1.54) is 115 Å². The third-order valence-corrected chi connectivity index (χ3v) is 14.3. The molecule has 64 heavy (non-hydrogen) atoms. The van der Waals surface area contributed by atoms with Crippen LogP contribution in [-0.2, 0) is 5.41 Å². The first-order chi connectivity index (χ1) is 31.8. The van der Waals surface area contributed by atoms with Crippen LogP contribution in [0.1, 0.15) is 65.8 Å². The van der Waals surface area contributed by atoms with Crippen LogP contribution in [0.5, 0.6) is 0 Å². The van der Waals surface area contributed by atoms with Crippen LogP contribution in [0, 0.1) is 0 Å². The summed E-state index contributed by atoms with van der Waals surface area (Å²) in [7, 11) is 0. The van der Waals surface area contributed by atoms with Crippen LogP contribution in [-0.4, -0.2) is 0 Å². The molecule has 1 heteroatoms. The molecule has 10 aromatic carbocycles. The standard InChI is InChI=1S/C63H49N/c1-3-18-46(19-4-1)54-28-15-21-47-22-16-29-58(62(47)54)57-27-11-14-32-61(57)64(52-39-35-45(36-40-52)49-34-33-44-17-7-8-20-48(44)43-49)53-41-37-51(38-42-53)63(50-23-5-2-6-24-50)59-30-12-9-25-55(59)56-26-10-13-31-60(56)63/h2,5-17,20-43,46H,1,3-4,18-19H2. The van der Waals surface area contributed by atoms with E-state index >= 15 is 0 Å². The fourth-order valence-electron chi connectivity index (χ4n) is 11.4. The van der Waals surface area contributed by atoms with Gasteiger partial charge in [0, 0.05) is 16.9 Å². The fraction of sp³-hybridized carbons (Fsp3) is 0.111. The number of rotatable bonds is 8. The van der Waals surface area contributed by atoms with E-state index in [4.69, 9.17) is 0 Å². The Labute approximate surface area is 376 Å². The van der Waals surface area contributed by atoms with Crippen LogP contribution in [0.3, 0.4) is 0 Å². The summed E-state index contributed by atoms with van der Waals surface area (Å²) in [5.41, 5.74) is 17.2. The summed E-state index contributed by atoms with van der Waals surface area (Å²) < 4.78 is 0. The molecule has 2 aliphatic carbocycles. The summed E-state index contributed by atoms with van der Waals surface area (Å²) >= 11 is 0. The van der Waals surface area contributed by atoms with E-state index in [0.29, 0.717) is 5.92 Å². The summed E-state index contributed by atoms with van der Waals surface area (Å²) in [6.45, 7) is 0. The first-order valence-corrected chi connectivity index (χ1v) is 23.1. The van der Waals surface area contributed by atoms with Gasteiger partial charge >= 0.3 is 0 Å².